The number of pyridine rings is 1. The largest absolute Gasteiger partial charge is 0.504 e. The van der Waals surface area contributed by atoms with Crippen molar-refractivity contribution in [3.05, 3.63) is 30.1 Å². The molecule has 2 rings (SSSR count). The third kappa shape index (κ3) is 1.54. The summed E-state index contributed by atoms with van der Waals surface area (Å²) in [5.41, 5.74) is 0.422. The number of oxime groups is 1. The number of hydrogen-bond donors (Lipinski definition) is 3. The lowest BCUT2D eigenvalue weighted by atomic mass is 10.1. The molecule has 5 nitrogen and oxygen atoms in total. The Morgan fingerprint density at radius 2 is 1.93 bits per heavy atom. The fraction of sp³-hybridized carbons (Fsp3) is 0. The number of fused-ring (bicyclic) bond motifs is 1. The molecule has 0 aliphatic carbocycles. The van der Waals surface area contributed by atoms with E-state index in [4.69, 9.17) is 5.21 Å². The van der Waals surface area contributed by atoms with Gasteiger partial charge in [0.05, 0.1) is 11.9 Å². The van der Waals surface area contributed by atoms with Gasteiger partial charge in [0.25, 0.3) is 0 Å². The average Bonchev–Trinajstić information content (AvgIpc) is 2.21. The lowest BCUT2D eigenvalue weighted by Crippen LogP contribution is -1.89. The summed E-state index contributed by atoms with van der Waals surface area (Å²) in [6.07, 6.45) is 2.69. The summed E-state index contributed by atoms with van der Waals surface area (Å²) in [6.45, 7) is 0. The zero-order valence-corrected chi connectivity index (χ0v) is 7.62. The van der Waals surface area contributed by atoms with Crippen molar-refractivity contribution >= 4 is 17.0 Å². The van der Waals surface area contributed by atoms with Crippen LogP contribution < -0.4 is 0 Å². The maximum absolute atomic E-state index is 9.33. The number of hydrogen-bond acceptors (Lipinski definition) is 5. The Morgan fingerprint density at radius 3 is 2.67 bits per heavy atom. The van der Waals surface area contributed by atoms with E-state index in [9.17, 15) is 10.2 Å². The lowest BCUT2D eigenvalue weighted by molar-refractivity contribution is 0.321. The van der Waals surface area contributed by atoms with Gasteiger partial charge in [-0.05, 0) is 23.6 Å². The molecule has 0 amide bonds. The van der Waals surface area contributed by atoms with Crippen LogP contribution in [0.25, 0.3) is 10.8 Å². The van der Waals surface area contributed by atoms with E-state index in [2.05, 4.69) is 10.1 Å². The van der Waals surface area contributed by atoms with E-state index in [1.54, 1.807) is 6.07 Å². The summed E-state index contributed by atoms with van der Waals surface area (Å²) >= 11 is 0. The highest BCUT2D eigenvalue weighted by Gasteiger charge is 2.05. The summed E-state index contributed by atoms with van der Waals surface area (Å²) < 4.78 is 0. The van der Waals surface area contributed by atoms with Crippen LogP contribution in [0.15, 0.2) is 29.6 Å². The van der Waals surface area contributed by atoms with Gasteiger partial charge in [0, 0.05) is 11.6 Å². The highest BCUT2D eigenvalue weighted by molar-refractivity contribution is 5.98. The minimum absolute atomic E-state index is 0.194. The smallest absolute Gasteiger partial charge is 0.158 e. The highest BCUT2D eigenvalue weighted by Crippen LogP contribution is 2.30. The van der Waals surface area contributed by atoms with E-state index in [1.807, 2.05) is 0 Å². The summed E-state index contributed by atoms with van der Waals surface area (Å²) in [5.74, 6) is -0.427. The molecule has 0 aliphatic rings. The molecule has 15 heavy (non-hydrogen) atoms. The molecular formula is C10H8N2O3. The van der Waals surface area contributed by atoms with Crippen LogP contribution >= 0.6 is 0 Å². The van der Waals surface area contributed by atoms with E-state index in [-0.39, 0.29) is 11.5 Å². The molecule has 0 fully saturated rings. The van der Waals surface area contributed by atoms with Gasteiger partial charge in [-0.2, -0.15) is 0 Å². The molecule has 76 valence electrons. The maximum atomic E-state index is 9.33. The van der Waals surface area contributed by atoms with Crippen LogP contribution in [-0.2, 0) is 0 Å². The average molecular weight is 204 g/mol. The van der Waals surface area contributed by atoms with Gasteiger partial charge in [0.1, 0.15) is 0 Å². The number of aromatic hydroxyl groups is 2. The van der Waals surface area contributed by atoms with Crippen molar-refractivity contribution in [2.75, 3.05) is 0 Å². The van der Waals surface area contributed by atoms with Crippen molar-refractivity contribution in [1.29, 1.82) is 0 Å². The quantitative estimate of drug-likeness (QED) is 0.284. The van der Waals surface area contributed by atoms with E-state index in [0.29, 0.717) is 16.5 Å². The molecule has 0 spiro atoms. The molecule has 1 aromatic carbocycles. The molecule has 0 bridgehead atoms. The van der Waals surface area contributed by atoms with Gasteiger partial charge in [-0.1, -0.05) is 5.16 Å². The van der Waals surface area contributed by atoms with Gasteiger partial charge < -0.3 is 15.4 Å². The topological polar surface area (TPSA) is 85.9 Å². The van der Waals surface area contributed by atoms with Crippen LogP contribution in [0.2, 0.25) is 0 Å². The molecular weight excluding hydrogens is 196 g/mol. The fourth-order valence-corrected chi connectivity index (χ4v) is 1.38. The molecule has 5 heteroatoms. The van der Waals surface area contributed by atoms with E-state index >= 15 is 0 Å². The predicted molar refractivity (Wildman–Crippen MR) is 54.5 cm³/mol. The molecule has 0 saturated carbocycles. The summed E-state index contributed by atoms with van der Waals surface area (Å²) in [4.78, 5) is 3.97. The number of benzene rings is 1. The third-order valence-electron chi connectivity index (χ3n) is 2.07. The maximum Gasteiger partial charge on any atom is 0.158 e. The predicted octanol–water partition coefficient (Wildman–Crippen LogP) is 1.45. The molecule has 0 atom stereocenters. The van der Waals surface area contributed by atoms with Gasteiger partial charge in [-0.25, -0.2) is 0 Å². The number of phenolic OH excluding ortho intramolecular Hbond substituents is 2. The van der Waals surface area contributed by atoms with Gasteiger partial charge in [-0.3, -0.25) is 4.98 Å². The van der Waals surface area contributed by atoms with Crippen LogP contribution in [-0.4, -0.2) is 26.6 Å². The minimum atomic E-state index is -0.233. The Morgan fingerprint density at radius 1 is 1.20 bits per heavy atom. The molecule has 0 radical (unpaired) electrons. The number of aromatic nitrogens is 1. The van der Waals surface area contributed by atoms with Crippen molar-refractivity contribution in [3.63, 3.8) is 0 Å². The molecule has 3 N–H and O–H groups in total. The molecule has 1 aromatic heterocycles. The number of nitrogens with zero attached hydrogens (tertiary/aromatic N) is 2. The second-order valence-electron chi connectivity index (χ2n) is 3.00. The minimum Gasteiger partial charge on any atom is -0.504 e. The van der Waals surface area contributed by atoms with Crippen molar-refractivity contribution in [1.82, 2.24) is 4.98 Å². The third-order valence-corrected chi connectivity index (χ3v) is 2.07. The van der Waals surface area contributed by atoms with Crippen LogP contribution in [0, 0.1) is 0 Å². The second-order valence-corrected chi connectivity index (χ2v) is 3.00. The standard InChI is InChI=1S/C10H8N2O3/c13-9-3-6-1-2-11-8(5-12-15)7(6)4-10(9)14/h1-5,13-15H/b12-5-. The Labute approximate surface area is 84.9 Å². The normalized spacial score (nSPS) is 11.2. The van der Waals surface area contributed by atoms with Gasteiger partial charge in [-0.15, -0.1) is 0 Å². The summed E-state index contributed by atoms with van der Waals surface area (Å²) in [6, 6.07) is 4.47. The first kappa shape index (κ1) is 9.26. The summed E-state index contributed by atoms with van der Waals surface area (Å²) in [7, 11) is 0. The van der Waals surface area contributed by atoms with Crippen LogP contribution in [0.5, 0.6) is 11.5 Å². The first-order chi connectivity index (χ1) is 7.22. The SMILES string of the molecule is O/N=C\c1nccc2cc(O)c(O)cc12. The van der Waals surface area contributed by atoms with Gasteiger partial charge >= 0.3 is 0 Å². The summed E-state index contributed by atoms with van der Waals surface area (Å²) in [5, 5.41) is 31.2. The number of rotatable bonds is 1. The number of phenols is 2. The Hall–Kier alpha value is -2.30. The van der Waals surface area contributed by atoms with Crippen molar-refractivity contribution < 1.29 is 15.4 Å². The fourth-order valence-electron chi connectivity index (χ4n) is 1.38. The zero-order valence-electron chi connectivity index (χ0n) is 7.62. The van der Waals surface area contributed by atoms with Crippen LogP contribution in [0.1, 0.15) is 5.69 Å². The Bertz CT molecular complexity index is 537. The van der Waals surface area contributed by atoms with E-state index in [0.717, 1.165) is 0 Å². The first-order valence-corrected chi connectivity index (χ1v) is 4.20. The lowest BCUT2D eigenvalue weighted by Gasteiger charge is -2.03. The van der Waals surface area contributed by atoms with Crippen molar-refractivity contribution in [2.24, 2.45) is 5.16 Å². The first-order valence-electron chi connectivity index (χ1n) is 4.20. The van der Waals surface area contributed by atoms with E-state index in [1.165, 1.54) is 24.5 Å². The van der Waals surface area contributed by atoms with Crippen molar-refractivity contribution in [2.45, 2.75) is 0 Å². The zero-order chi connectivity index (χ0) is 10.8. The van der Waals surface area contributed by atoms with Crippen LogP contribution in [0.4, 0.5) is 0 Å². The molecule has 2 aromatic rings. The molecule has 0 aliphatic heterocycles. The Balaban J connectivity index is 2.79. The second kappa shape index (κ2) is 3.45. The van der Waals surface area contributed by atoms with Crippen LogP contribution in [0.3, 0.4) is 0 Å². The monoisotopic (exact) mass is 204 g/mol. The Kier molecular flexibility index (Phi) is 2.13. The molecule has 0 saturated heterocycles. The molecule has 0 unspecified atom stereocenters. The van der Waals surface area contributed by atoms with Crippen molar-refractivity contribution in [3.8, 4) is 11.5 Å². The molecule has 1 heterocycles. The van der Waals surface area contributed by atoms with Gasteiger partial charge in [0.15, 0.2) is 11.5 Å². The van der Waals surface area contributed by atoms with E-state index < -0.39 is 0 Å². The highest BCUT2D eigenvalue weighted by atomic mass is 16.4. The van der Waals surface area contributed by atoms with Gasteiger partial charge in [0.2, 0.25) is 0 Å².